The highest BCUT2D eigenvalue weighted by Crippen LogP contribution is 2.22. The monoisotopic (exact) mass is 287 g/mol. The molecule has 0 bridgehead atoms. The number of nitrogens with zero attached hydrogens (tertiary/aromatic N) is 1. The SMILES string of the molecule is CN1CCC(NS(=O)(=O)c2c(N)cccc2F)CC1. The highest BCUT2D eigenvalue weighted by molar-refractivity contribution is 7.89. The minimum atomic E-state index is -3.91. The highest BCUT2D eigenvalue weighted by Gasteiger charge is 2.27. The van der Waals surface area contributed by atoms with Gasteiger partial charge in [0, 0.05) is 6.04 Å². The fraction of sp³-hybridized carbons (Fsp3) is 0.500. The molecule has 19 heavy (non-hydrogen) atoms. The molecule has 1 aliphatic heterocycles. The first-order valence-corrected chi connectivity index (χ1v) is 7.63. The quantitative estimate of drug-likeness (QED) is 0.806. The molecule has 0 aromatic heterocycles. The highest BCUT2D eigenvalue weighted by atomic mass is 32.2. The second kappa shape index (κ2) is 5.44. The standard InChI is InChI=1S/C12H18FN3O2S/c1-16-7-5-9(6-8-16)15-19(17,18)12-10(13)3-2-4-11(12)14/h2-4,9,15H,5-8,14H2,1H3. The summed E-state index contributed by atoms with van der Waals surface area (Å²) in [6.45, 7) is 1.64. The van der Waals surface area contributed by atoms with E-state index in [0.29, 0.717) is 12.8 Å². The number of sulfonamides is 1. The lowest BCUT2D eigenvalue weighted by molar-refractivity contribution is 0.248. The van der Waals surface area contributed by atoms with Crippen molar-refractivity contribution in [2.75, 3.05) is 25.9 Å². The molecule has 106 valence electrons. The average Bonchev–Trinajstić information content (AvgIpc) is 2.31. The molecule has 1 heterocycles. The number of nitrogen functional groups attached to an aromatic ring is 1. The molecule has 1 aromatic rings. The summed E-state index contributed by atoms with van der Waals surface area (Å²) in [6, 6.07) is 3.70. The van der Waals surface area contributed by atoms with Crippen molar-refractivity contribution in [1.82, 2.24) is 9.62 Å². The summed E-state index contributed by atoms with van der Waals surface area (Å²) in [5, 5.41) is 0. The van der Waals surface area contributed by atoms with Crippen LogP contribution in [0.4, 0.5) is 10.1 Å². The lowest BCUT2D eigenvalue weighted by atomic mass is 10.1. The molecular weight excluding hydrogens is 269 g/mol. The van der Waals surface area contributed by atoms with Gasteiger partial charge in [0.25, 0.3) is 0 Å². The van der Waals surface area contributed by atoms with E-state index in [1.165, 1.54) is 12.1 Å². The van der Waals surface area contributed by atoms with Gasteiger partial charge in [-0.15, -0.1) is 0 Å². The van der Waals surface area contributed by atoms with Crippen molar-refractivity contribution in [3.8, 4) is 0 Å². The number of halogens is 1. The molecule has 2 rings (SSSR count). The topological polar surface area (TPSA) is 75.4 Å². The van der Waals surface area contributed by atoms with Gasteiger partial charge < -0.3 is 10.6 Å². The van der Waals surface area contributed by atoms with Gasteiger partial charge in [-0.2, -0.15) is 0 Å². The number of hydrogen-bond acceptors (Lipinski definition) is 4. The Kier molecular flexibility index (Phi) is 4.07. The third-order valence-electron chi connectivity index (χ3n) is 3.31. The van der Waals surface area contributed by atoms with E-state index in [4.69, 9.17) is 5.73 Å². The van der Waals surface area contributed by atoms with Crippen molar-refractivity contribution >= 4 is 15.7 Å². The second-order valence-corrected chi connectivity index (χ2v) is 6.51. The third-order valence-corrected chi connectivity index (χ3v) is 4.92. The molecule has 7 heteroatoms. The zero-order valence-electron chi connectivity index (χ0n) is 10.8. The summed E-state index contributed by atoms with van der Waals surface area (Å²) in [5.74, 6) is -0.819. The van der Waals surface area contributed by atoms with E-state index in [2.05, 4.69) is 9.62 Å². The Balaban J connectivity index is 2.19. The number of nitrogens with one attached hydrogen (secondary N) is 1. The number of likely N-dealkylation sites (tertiary alicyclic amines) is 1. The van der Waals surface area contributed by atoms with Gasteiger partial charge in [-0.3, -0.25) is 0 Å². The number of nitrogens with two attached hydrogens (primary N) is 1. The van der Waals surface area contributed by atoms with Crippen molar-refractivity contribution < 1.29 is 12.8 Å². The van der Waals surface area contributed by atoms with Crippen molar-refractivity contribution in [3.63, 3.8) is 0 Å². The summed E-state index contributed by atoms with van der Waals surface area (Å²) in [5.41, 5.74) is 5.50. The van der Waals surface area contributed by atoms with E-state index in [9.17, 15) is 12.8 Å². The van der Waals surface area contributed by atoms with Crippen LogP contribution in [0.3, 0.4) is 0 Å². The number of piperidine rings is 1. The van der Waals surface area contributed by atoms with Crippen LogP contribution in [0.25, 0.3) is 0 Å². The Morgan fingerprint density at radius 1 is 1.37 bits per heavy atom. The first-order valence-electron chi connectivity index (χ1n) is 6.15. The first-order chi connectivity index (χ1) is 8.90. The molecule has 0 radical (unpaired) electrons. The molecule has 5 nitrogen and oxygen atoms in total. The maximum absolute atomic E-state index is 13.7. The molecule has 1 fully saturated rings. The summed E-state index contributed by atoms with van der Waals surface area (Å²) in [6.07, 6.45) is 1.42. The van der Waals surface area contributed by atoms with Crippen LogP contribution in [0.15, 0.2) is 23.1 Å². The van der Waals surface area contributed by atoms with Gasteiger partial charge >= 0.3 is 0 Å². The molecule has 0 spiro atoms. The van der Waals surface area contributed by atoms with Crippen LogP contribution in [-0.4, -0.2) is 39.5 Å². The Hall–Kier alpha value is -1.18. The Labute approximate surface area is 112 Å². The van der Waals surface area contributed by atoms with Gasteiger partial charge in [-0.25, -0.2) is 17.5 Å². The third kappa shape index (κ3) is 3.23. The van der Waals surface area contributed by atoms with E-state index in [0.717, 1.165) is 19.2 Å². The van der Waals surface area contributed by atoms with Crippen LogP contribution in [0.1, 0.15) is 12.8 Å². The molecule has 1 aliphatic rings. The Bertz CT molecular complexity index is 534. The number of hydrogen-bond donors (Lipinski definition) is 2. The number of anilines is 1. The van der Waals surface area contributed by atoms with Crippen molar-refractivity contribution in [2.45, 2.75) is 23.8 Å². The van der Waals surface area contributed by atoms with Crippen LogP contribution in [0.2, 0.25) is 0 Å². The molecule has 1 saturated heterocycles. The second-order valence-electron chi connectivity index (χ2n) is 4.86. The van der Waals surface area contributed by atoms with Gasteiger partial charge in [-0.1, -0.05) is 6.07 Å². The largest absolute Gasteiger partial charge is 0.398 e. The van der Waals surface area contributed by atoms with Crippen LogP contribution >= 0.6 is 0 Å². The zero-order chi connectivity index (χ0) is 14.0. The van der Waals surface area contributed by atoms with Crippen molar-refractivity contribution in [1.29, 1.82) is 0 Å². The van der Waals surface area contributed by atoms with Gasteiger partial charge in [-0.05, 0) is 45.1 Å². The Morgan fingerprint density at radius 2 is 2.00 bits per heavy atom. The van der Waals surface area contributed by atoms with Crippen LogP contribution in [-0.2, 0) is 10.0 Å². The van der Waals surface area contributed by atoms with Crippen LogP contribution in [0.5, 0.6) is 0 Å². The van der Waals surface area contributed by atoms with Gasteiger partial charge in [0.05, 0.1) is 5.69 Å². The lowest BCUT2D eigenvalue weighted by Crippen LogP contribution is -2.43. The first kappa shape index (κ1) is 14.2. The normalized spacial score (nSPS) is 18.6. The van der Waals surface area contributed by atoms with Crippen LogP contribution in [0, 0.1) is 5.82 Å². The zero-order valence-corrected chi connectivity index (χ0v) is 11.6. The summed E-state index contributed by atoms with van der Waals surface area (Å²) < 4.78 is 40.6. The maximum atomic E-state index is 13.7. The maximum Gasteiger partial charge on any atom is 0.245 e. The molecule has 0 unspecified atom stereocenters. The van der Waals surface area contributed by atoms with Crippen LogP contribution < -0.4 is 10.5 Å². The fourth-order valence-corrected chi connectivity index (χ4v) is 3.71. The molecule has 0 saturated carbocycles. The molecule has 0 atom stereocenters. The predicted molar refractivity (Wildman–Crippen MR) is 71.7 cm³/mol. The van der Waals surface area contributed by atoms with E-state index in [1.807, 2.05) is 7.05 Å². The molecular formula is C12H18FN3O2S. The fourth-order valence-electron chi connectivity index (χ4n) is 2.21. The van der Waals surface area contributed by atoms with E-state index in [-0.39, 0.29) is 11.7 Å². The van der Waals surface area contributed by atoms with Crippen molar-refractivity contribution in [3.05, 3.63) is 24.0 Å². The molecule has 0 aliphatic carbocycles. The van der Waals surface area contributed by atoms with E-state index < -0.39 is 20.7 Å². The average molecular weight is 287 g/mol. The lowest BCUT2D eigenvalue weighted by Gasteiger charge is -2.29. The predicted octanol–water partition coefficient (Wildman–Crippen LogP) is 0.780. The Morgan fingerprint density at radius 3 is 2.58 bits per heavy atom. The minimum Gasteiger partial charge on any atom is -0.398 e. The van der Waals surface area contributed by atoms with E-state index in [1.54, 1.807) is 0 Å². The van der Waals surface area contributed by atoms with Crippen molar-refractivity contribution in [2.24, 2.45) is 0 Å². The van der Waals surface area contributed by atoms with Gasteiger partial charge in [0.1, 0.15) is 10.7 Å². The summed E-state index contributed by atoms with van der Waals surface area (Å²) in [4.78, 5) is 1.68. The summed E-state index contributed by atoms with van der Waals surface area (Å²) in [7, 11) is -1.92. The molecule has 3 N–H and O–H groups in total. The number of rotatable bonds is 3. The molecule has 1 aromatic carbocycles. The number of benzene rings is 1. The smallest absolute Gasteiger partial charge is 0.245 e. The molecule has 0 amide bonds. The van der Waals surface area contributed by atoms with Gasteiger partial charge in [0.2, 0.25) is 10.0 Å². The minimum absolute atomic E-state index is 0.0690. The van der Waals surface area contributed by atoms with Gasteiger partial charge in [0.15, 0.2) is 0 Å². The van der Waals surface area contributed by atoms with E-state index >= 15 is 0 Å². The summed E-state index contributed by atoms with van der Waals surface area (Å²) >= 11 is 0.